The van der Waals surface area contributed by atoms with E-state index in [2.05, 4.69) is 53.6 Å². The van der Waals surface area contributed by atoms with Crippen LogP contribution in [-0.4, -0.2) is 41.5 Å². The second kappa shape index (κ2) is 7.91. The highest BCUT2D eigenvalue weighted by Crippen LogP contribution is 2.21. The van der Waals surface area contributed by atoms with Gasteiger partial charge in [0.15, 0.2) is 0 Å². The van der Waals surface area contributed by atoms with Crippen molar-refractivity contribution >= 4 is 11.6 Å². The van der Waals surface area contributed by atoms with Crippen LogP contribution in [0.3, 0.4) is 0 Å². The molecule has 19 heavy (non-hydrogen) atoms. The molecule has 0 aliphatic rings. The Morgan fingerprint density at radius 1 is 1.32 bits per heavy atom. The molecule has 1 unspecified atom stereocenters. The molecule has 108 valence electrons. The molecule has 0 saturated carbocycles. The van der Waals surface area contributed by atoms with Crippen molar-refractivity contribution < 1.29 is 0 Å². The molecule has 0 fully saturated rings. The van der Waals surface area contributed by atoms with Crippen LogP contribution in [0, 0.1) is 0 Å². The second-order valence-corrected chi connectivity index (χ2v) is 5.08. The molecule has 4 N–H and O–H groups in total. The van der Waals surface area contributed by atoms with Gasteiger partial charge in [-0.1, -0.05) is 13.3 Å². The van der Waals surface area contributed by atoms with Crippen LogP contribution in [0.25, 0.3) is 0 Å². The van der Waals surface area contributed by atoms with Crippen molar-refractivity contribution in [3.05, 3.63) is 11.9 Å². The number of nitrogens with one attached hydrogen (secondary N) is 2. The zero-order valence-electron chi connectivity index (χ0n) is 12.4. The van der Waals surface area contributed by atoms with E-state index in [1.165, 1.54) is 6.33 Å². The van der Waals surface area contributed by atoms with Crippen LogP contribution < -0.4 is 16.6 Å². The maximum absolute atomic E-state index is 5.50. The summed E-state index contributed by atoms with van der Waals surface area (Å²) in [5, 5.41) is 3.45. The van der Waals surface area contributed by atoms with E-state index >= 15 is 0 Å². The fourth-order valence-electron chi connectivity index (χ4n) is 1.91. The number of nitrogens with two attached hydrogens (primary N) is 1. The van der Waals surface area contributed by atoms with E-state index in [0.717, 1.165) is 37.2 Å². The number of anilines is 2. The minimum absolute atomic E-state index is 0.360. The first-order valence-electron chi connectivity index (χ1n) is 6.80. The number of hydrazine groups is 1. The summed E-state index contributed by atoms with van der Waals surface area (Å²) in [4.78, 5) is 10.7. The first-order valence-corrected chi connectivity index (χ1v) is 6.80. The Hall–Kier alpha value is -1.40. The molecule has 6 heteroatoms. The van der Waals surface area contributed by atoms with Crippen molar-refractivity contribution in [1.82, 2.24) is 14.9 Å². The van der Waals surface area contributed by atoms with Gasteiger partial charge in [0.05, 0.1) is 0 Å². The van der Waals surface area contributed by atoms with Gasteiger partial charge in [0.1, 0.15) is 18.0 Å². The fourth-order valence-corrected chi connectivity index (χ4v) is 1.91. The monoisotopic (exact) mass is 266 g/mol. The molecule has 0 saturated heterocycles. The van der Waals surface area contributed by atoms with Crippen molar-refractivity contribution in [3.63, 3.8) is 0 Å². The number of rotatable bonds is 8. The molecule has 1 aromatic heterocycles. The van der Waals surface area contributed by atoms with Gasteiger partial charge < -0.3 is 15.6 Å². The SMILES string of the molecule is CCCc1c(NN)ncnc1NC(C)CCN(C)C. The molecule has 0 amide bonds. The zero-order valence-corrected chi connectivity index (χ0v) is 12.4. The van der Waals surface area contributed by atoms with Crippen LogP contribution in [0.4, 0.5) is 11.6 Å². The van der Waals surface area contributed by atoms with Gasteiger partial charge in [0, 0.05) is 11.6 Å². The second-order valence-electron chi connectivity index (χ2n) is 5.08. The Labute approximate surface area is 115 Å². The summed E-state index contributed by atoms with van der Waals surface area (Å²) >= 11 is 0. The van der Waals surface area contributed by atoms with Gasteiger partial charge in [-0.05, 0) is 40.4 Å². The third-order valence-electron chi connectivity index (χ3n) is 2.97. The van der Waals surface area contributed by atoms with Crippen LogP contribution in [0.2, 0.25) is 0 Å². The van der Waals surface area contributed by atoms with Gasteiger partial charge in [-0.15, -0.1) is 0 Å². The van der Waals surface area contributed by atoms with Crippen LogP contribution in [-0.2, 0) is 6.42 Å². The summed E-state index contributed by atoms with van der Waals surface area (Å²) < 4.78 is 0. The lowest BCUT2D eigenvalue weighted by molar-refractivity contribution is 0.390. The van der Waals surface area contributed by atoms with E-state index in [9.17, 15) is 0 Å². The average molecular weight is 266 g/mol. The standard InChI is InChI=1S/C13H26N6/c1-5-6-11-12(15-9-16-13(11)18-14)17-10(2)7-8-19(3)4/h9-10H,5-8,14H2,1-4H3,(H2,15,16,17,18). The molecule has 0 aliphatic carbocycles. The van der Waals surface area contributed by atoms with Crippen molar-refractivity contribution in [3.8, 4) is 0 Å². The molecule has 6 nitrogen and oxygen atoms in total. The van der Waals surface area contributed by atoms with E-state index < -0.39 is 0 Å². The van der Waals surface area contributed by atoms with Gasteiger partial charge in [-0.2, -0.15) is 0 Å². The Bertz CT molecular complexity index is 379. The Morgan fingerprint density at radius 3 is 2.58 bits per heavy atom. The number of hydrogen-bond donors (Lipinski definition) is 3. The van der Waals surface area contributed by atoms with Gasteiger partial charge in [-0.3, -0.25) is 0 Å². The van der Waals surface area contributed by atoms with E-state index in [1.54, 1.807) is 0 Å². The Balaban J connectivity index is 2.76. The minimum atomic E-state index is 0.360. The van der Waals surface area contributed by atoms with Gasteiger partial charge in [0.2, 0.25) is 0 Å². The topological polar surface area (TPSA) is 79.1 Å². The average Bonchev–Trinajstić information content (AvgIpc) is 2.38. The highest BCUT2D eigenvalue weighted by Gasteiger charge is 2.12. The molecule has 0 aliphatic heterocycles. The highest BCUT2D eigenvalue weighted by atomic mass is 15.3. The lowest BCUT2D eigenvalue weighted by Gasteiger charge is -2.19. The van der Waals surface area contributed by atoms with Crippen LogP contribution >= 0.6 is 0 Å². The van der Waals surface area contributed by atoms with Crippen molar-refractivity contribution in [2.75, 3.05) is 31.4 Å². The summed E-state index contributed by atoms with van der Waals surface area (Å²) in [5.74, 6) is 7.10. The largest absolute Gasteiger partial charge is 0.367 e. The maximum Gasteiger partial charge on any atom is 0.148 e. The van der Waals surface area contributed by atoms with Crippen LogP contribution in [0.1, 0.15) is 32.3 Å². The molecular weight excluding hydrogens is 240 g/mol. The van der Waals surface area contributed by atoms with E-state index in [0.29, 0.717) is 11.9 Å². The third-order valence-corrected chi connectivity index (χ3v) is 2.97. The molecule has 0 radical (unpaired) electrons. The lowest BCUT2D eigenvalue weighted by Crippen LogP contribution is -2.24. The summed E-state index contributed by atoms with van der Waals surface area (Å²) in [7, 11) is 4.16. The normalized spacial score (nSPS) is 12.5. The van der Waals surface area contributed by atoms with Crippen molar-refractivity contribution in [2.24, 2.45) is 5.84 Å². The fraction of sp³-hybridized carbons (Fsp3) is 0.692. The molecular formula is C13H26N6. The van der Waals surface area contributed by atoms with Gasteiger partial charge in [-0.25, -0.2) is 15.8 Å². The van der Waals surface area contributed by atoms with Crippen molar-refractivity contribution in [2.45, 2.75) is 39.2 Å². The predicted molar refractivity (Wildman–Crippen MR) is 80.1 cm³/mol. The lowest BCUT2D eigenvalue weighted by atomic mass is 10.1. The molecule has 0 aromatic carbocycles. The minimum Gasteiger partial charge on any atom is -0.367 e. The third kappa shape index (κ3) is 5.00. The van der Waals surface area contributed by atoms with Crippen LogP contribution in [0.15, 0.2) is 6.33 Å². The molecule has 1 heterocycles. The number of nitrogen functional groups attached to an aromatic ring is 1. The molecule has 1 rings (SSSR count). The first kappa shape index (κ1) is 15.7. The number of hydrogen-bond acceptors (Lipinski definition) is 6. The summed E-state index contributed by atoms with van der Waals surface area (Å²) in [6.45, 7) is 5.34. The molecule has 0 spiro atoms. The van der Waals surface area contributed by atoms with Crippen LogP contribution in [0.5, 0.6) is 0 Å². The summed E-state index contributed by atoms with van der Waals surface area (Å²) in [5.41, 5.74) is 3.70. The number of aromatic nitrogens is 2. The van der Waals surface area contributed by atoms with E-state index in [1.807, 2.05) is 0 Å². The Kier molecular flexibility index (Phi) is 6.52. The Morgan fingerprint density at radius 2 is 2.00 bits per heavy atom. The molecule has 0 bridgehead atoms. The zero-order chi connectivity index (χ0) is 14.3. The molecule has 1 aromatic rings. The van der Waals surface area contributed by atoms with E-state index in [4.69, 9.17) is 5.84 Å². The first-order chi connectivity index (χ1) is 9.08. The maximum atomic E-state index is 5.50. The van der Waals surface area contributed by atoms with Gasteiger partial charge >= 0.3 is 0 Å². The summed E-state index contributed by atoms with van der Waals surface area (Å²) in [6.07, 6.45) is 4.54. The molecule has 1 atom stereocenters. The highest BCUT2D eigenvalue weighted by molar-refractivity contribution is 5.57. The van der Waals surface area contributed by atoms with E-state index in [-0.39, 0.29) is 0 Å². The quantitative estimate of drug-likeness (QED) is 0.488. The summed E-state index contributed by atoms with van der Waals surface area (Å²) in [6, 6.07) is 0.360. The van der Waals surface area contributed by atoms with Gasteiger partial charge in [0.25, 0.3) is 0 Å². The predicted octanol–water partition coefficient (Wildman–Crippen LogP) is 1.47. The smallest absolute Gasteiger partial charge is 0.148 e. The van der Waals surface area contributed by atoms with Crippen molar-refractivity contribution in [1.29, 1.82) is 0 Å². The number of nitrogens with zero attached hydrogens (tertiary/aromatic N) is 3.